The van der Waals surface area contributed by atoms with Crippen molar-refractivity contribution in [3.05, 3.63) is 64.2 Å². The van der Waals surface area contributed by atoms with Gasteiger partial charge in [0.15, 0.2) is 0 Å². The molecule has 0 aromatic heterocycles. The van der Waals surface area contributed by atoms with Crippen molar-refractivity contribution >= 4 is 23.3 Å². The first kappa shape index (κ1) is 14.2. The molecular formula is C17H14ClNO. The molecule has 0 spiro atoms. The Morgan fingerprint density at radius 1 is 1.20 bits per heavy atom. The molecule has 2 aromatic rings. The van der Waals surface area contributed by atoms with Crippen LogP contribution in [0.2, 0.25) is 5.02 Å². The van der Waals surface area contributed by atoms with E-state index in [0.717, 1.165) is 16.7 Å². The molecule has 0 N–H and O–H groups in total. The van der Waals surface area contributed by atoms with Gasteiger partial charge in [0.25, 0.3) is 0 Å². The van der Waals surface area contributed by atoms with Crippen molar-refractivity contribution in [1.82, 2.24) is 0 Å². The van der Waals surface area contributed by atoms with Crippen LogP contribution < -0.4 is 4.74 Å². The highest BCUT2D eigenvalue weighted by atomic mass is 35.5. The summed E-state index contributed by atoms with van der Waals surface area (Å²) in [5.41, 5.74) is 3.40. The molecule has 20 heavy (non-hydrogen) atoms. The zero-order chi connectivity index (χ0) is 14.5. The Bertz CT molecular complexity index is 681. The highest BCUT2D eigenvalue weighted by molar-refractivity contribution is 6.30. The van der Waals surface area contributed by atoms with Crippen molar-refractivity contribution in [1.29, 1.82) is 5.26 Å². The van der Waals surface area contributed by atoms with Gasteiger partial charge in [-0.3, -0.25) is 0 Å². The van der Waals surface area contributed by atoms with E-state index in [0.29, 0.717) is 16.3 Å². The van der Waals surface area contributed by atoms with Gasteiger partial charge in [0.1, 0.15) is 5.75 Å². The molecule has 0 saturated carbocycles. The lowest BCUT2D eigenvalue weighted by Gasteiger charge is -2.06. The van der Waals surface area contributed by atoms with Crippen LogP contribution in [0.1, 0.15) is 16.7 Å². The lowest BCUT2D eigenvalue weighted by atomic mass is 10.0. The van der Waals surface area contributed by atoms with Gasteiger partial charge in [0.2, 0.25) is 0 Å². The second-order valence-corrected chi connectivity index (χ2v) is 4.86. The quantitative estimate of drug-likeness (QED) is 0.603. The Balaban J connectivity index is 2.49. The molecule has 100 valence electrons. The Morgan fingerprint density at radius 3 is 2.50 bits per heavy atom. The maximum atomic E-state index is 9.35. The molecule has 3 heteroatoms. The van der Waals surface area contributed by atoms with Gasteiger partial charge in [-0.25, -0.2) is 0 Å². The first-order chi connectivity index (χ1) is 9.63. The number of benzene rings is 2. The van der Waals surface area contributed by atoms with E-state index >= 15 is 0 Å². The summed E-state index contributed by atoms with van der Waals surface area (Å²) in [4.78, 5) is 0. The van der Waals surface area contributed by atoms with Gasteiger partial charge in [0, 0.05) is 10.6 Å². The molecule has 0 aliphatic rings. The number of aryl methyl sites for hydroxylation is 1. The molecule has 2 aromatic carbocycles. The van der Waals surface area contributed by atoms with Crippen molar-refractivity contribution in [2.24, 2.45) is 0 Å². The van der Waals surface area contributed by atoms with Gasteiger partial charge < -0.3 is 4.74 Å². The van der Waals surface area contributed by atoms with Crippen LogP contribution in [0.3, 0.4) is 0 Å². The second kappa shape index (κ2) is 6.27. The second-order valence-electron chi connectivity index (χ2n) is 4.42. The summed E-state index contributed by atoms with van der Waals surface area (Å²) in [6, 6.07) is 15.4. The first-order valence-corrected chi connectivity index (χ1v) is 6.54. The molecule has 0 aliphatic heterocycles. The topological polar surface area (TPSA) is 33.0 Å². The molecule has 0 aliphatic carbocycles. The Kier molecular flexibility index (Phi) is 4.45. The normalized spacial score (nSPS) is 11.0. The fourth-order valence-electron chi connectivity index (χ4n) is 1.89. The van der Waals surface area contributed by atoms with Gasteiger partial charge in [-0.1, -0.05) is 41.4 Å². The minimum atomic E-state index is 0.575. The largest absolute Gasteiger partial charge is 0.496 e. The van der Waals surface area contributed by atoms with Gasteiger partial charge in [0.05, 0.1) is 18.8 Å². The summed E-state index contributed by atoms with van der Waals surface area (Å²) >= 11 is 6.00. The van der Waals surface area contributed by atoms with E-state index in [1.54, 1.807) is 31.4 Å². The Morgan fingerprint density at radius 2 is 1.90 bits per heavy atom. The van der Waals surface area contributed by atoms with Crippen molar-refractivity contribution in [3.8, 4) is 11.8 Å². The van der Waals surface area contributed by atoms with Crippen LogP contribution in [0.15, 0.2) is 42.5 Å². The van der Waals surface area contributed by atoms with Crippen LogP contribution in [0.4, 0.5) is 0 Å². The van der Waals surface area contributed by atoms with Crippen LogP contribution in [0.25, 0.3) is 11.6 Å². The number of nitriles is 1. The van der Waals surface area contributed by atoms with Crippen LogP contribution in [-0.4, -0.2) is 7.11 Å². The minimum absolute atomic E-state index is 0.575. The highest BCUT2D eigenvalue weighted by Crippen LogP contribution is 2.27. The van der Waals surface area contributed by atoms with Crippen molar-refractivity contribution in [3.63, 3.8) is 0 Å². The summed E-state index contributed by atoms with van der Waals surface area (Å²) in [6.45, 7) is 2.01. The Hall–Kier alpha value is -2.24. The summed E-state index contributed by atoms with van der Waals surface area (Å²) in [6.07, 6.45) is 1.79. The average Bonchev–Trinajstić information content (AvgIpc) is 2.46. The average molecular weight is 284 g/mol. The Labute approximate surface area is 123 Å². The van der Waals surface area contributed by atoms with Gasteiger partial charge in [-0.2, -0.15) is 5.26 Å². The molecule has 0 fully saturated rings. The van der Waals surface area contributed by atoms with E-state index in [2.05, 4.69) is 6.07 Å². The van der Waals surface area contributed by atoms with Gasteiger partial charge in [-0.15, -0.1) is 0 Å². The third-order valence-corrected chi connectivity index (χ3v) is 3.21. The van der Waals surface area contributed by atoms with E-state index < -0.39 is 0 Å². The lowest BCUT2D eigenvalue weighted by molar-refractivity contribution is 0.414. The zero-order valence-corrected chi connectivity index (χ0v) is 12.1. The number of ether oxygens (including phenoxy) is 1. The molecule has 0 amide bonds. The number of hydrogen-bond acceptors (Lipinski definition) is 2. The SMILES string of the molecule is COc1ccc(Cl)cc1/C=C(\C#N)c1ccc(C)cc1. The molecule has 0 saturated heterocycles. The fourth-order valence-corrected chi connectivity index (χ4v) is 2.07. The van der Waals surface area contributed by atoms with Crippen LogP contribution >= 0.6 is 11.6 Å². The molecule has 0 heterocycles. The number of methoxy groups -OCH3 is 1. The van der Waals surface area contributed by atoms with Crippen LogP contribution in [0.5, 0.6) is 5.75 Å². The smallest absolute Gasteiger partial charge is 0.126 e. The van der Waals surface area contributed by atoms with Gasteiger partial charge >= 0.3 is 0 Å². The van der Waals surface area contributed by atoms with E-state index in [9.17, 15) is 5.26 Å². The number of nitrogens with zero attached hydrogens (tertiary/aromatic N) is 1. The standard InChI is InChI=1S/C17H14ClNO/c1-12-3-5-13(6-4-12)15(11-19)9-14-10-16(18)7-8-17(14)20-2/h3-10H,1-2H3/b15-9+. The van der Waals surface area contributed by atoms with Crippen LogP contribution in [0, 0.1) is 18.3 Å². The number of allylic oxidation sites excluding steroid dienone is 1. The number of halogens is 1. The van der Waals surface area contributed by atoms with Crippen molar-refractivity contribution < 1.29 is 4.74 Å². The summed E-state index contributed by atoms with van der Waals surface area (Å²) < 4.78 is 5.29. The fraction of sp³-hybridized carbons (Fsp3) is 0.118. The maximum absolute atomic E-state index is 9.35. The van der Waals surface area contributed by atoms with Crippen molar-refractivity contribution in [2.75, 3.05) is 7.11 Å². The van der Waals surface area contributed by atoms with E-state index in [1.807, 2.05) is 31.2 Å². The zero-order valence-electron chi connectivity index (χ0n) is 11.4. The summed E-state index contributed by atoms with van der Waals surface area (Å²) in [5, 5.41) is 9.96. The third-order valence-electron chi connectivity index (χ3n) is 2.97. The molecular weight excluding hydrogens is 270 g/mol. The maximum Gasteiger partial charge on any atom is 0.126 e. The third kappa shape index (κ3) is 3.20. The number of hydrogen-bond donors (Lipinski definition) is 0. The minimum Gasteiger partial charge on any atom is -0.496 e. The molecule has 0 bridgehead atoms. The predicted molar refractivity (Wildman–Crippen MR) is 82.7 cm³/mol. The summed E-state index contributed by atoms with van der Waals surface area (Å²) in [7, 11) is 1.60. The van der Waals surface area contributed by atoms with E-state index in [1.165, 1.54) is 0 Å². The molecule has 0 atom stereocenters. The lowest BCUT2D eigenvalue weighted by Crippen LogP contribution is -1.88. The molecule has 2 rings (SSSR count). The number of rotatable bonds is 3. The van der Waals surface area contributed by atoms with Crippen LogP contribution in [-0.2, 0) is 0 Å². The molecule has 0 unspecified atom stereocenters. The van der Waals surface area contributed by atoms with E-state index in [4.69, 9.17) is 16.3 Å². The molecule has 0 radical (unpaired) electrons. The van der Waals surface area contributed by atoms with E-state index in [-0.39, 0.29) is 0 Å². The summed E-state index contributed by atoms with van der Waals surface area (Å²) in [5.74, 6) is 0.689. The molecule has 2 nitrogen and oxygen atoms in total. The highest BCUT2D eigenvalue weighted by Gasteiger charge is 2.05. The predicted octanol–water partition coefficient (Wildman–Crippen LogP) is 4.72. The van der Waals surface area contributed by atoms with Crippen molar-refractivity contribution in [2.45, 2.75) is 6.92 Å². The van der Waals surface area contributed by atoms with Gasteiger partial charge in [-0.05, 0) is 36.8 Å². The first-order valence-electron chi connectivity index (χ1n) is 6.16. The monoisotopic (exact) mass is 283 g/mol.